The predicted octanol–water partition coefficient (Wildman–Crippen LogP) is 2.87. The van der Waals surface area contributed by atoms with Crippen LogP contribution < -0.4 is 21.5 Å². The Hall–Kier alpha value is -3.47. The number of rotatable bonds is 12. The Balaban J connectivity index is 1.40. The van der Waals surface area contributed by atoms with Gasteiger partial charge >= 0.3 is 0 Å². The van der Waals surface area contributed by atoms with Crippen LogP contribution in [0.3, 0.4) is 0 Å². The van der Waals surface area contributed by atoms with Crippen molar-refractivity contribution in [1.82, 2.24) is 19.6 Å². The van der Waals surface area contributed by atoms with Crippen LogP contribution in [0.15, 0.2) is 41.7 Å². The van der Waals surface area contributed by atoms with E-state index in [4.69, 9.17) is 20.9 Å². The molecule has 10 nitrogen and oxygen atoms in total. The summed E-state index contributed by atoms with van der Waals surface area (Å²) in [5.74, 6) is 0.201. The van der Waals surface area contributed by atoms with Gasteiger partial charge in [-0.05, 0) is 49.0 Å². The number of aliphatic imine (C=N–C) groups is 1. The number of amides is 1. The van der Waals surface area contributed by atoms with Crippen LogP contribution in [0.4, 0.5) is 5.69 Å². The van der Waals surface area contributed by atoms with Crippen molar-refractivity contribution in [1.29, 1.82) is 0 Å². The van der Waals surface area contributed by atoms with Crippen molar-refractivity contribution < 1.29 is 14.3 Å². The molecular formula is C29H41N7O3. The van der Waals surface area contributed by atoms with Gasteiger partial charge in [0.05, 0.1) is 31.0 Å². The number of hydrogen-bond donors (Lipinski definition) is 3. The van der Waals surface area contributed by atoms with Gasteiger partial charge in [-0.2, -0.15) is 0 Å². The number of nitrogen functional groups attached to an aromatic ring is 1. The number of piperidine rings is 1. The Kier molecular flexibility index (Phi) is 9.55. The molecule has 1 amide bonds. The van der Waals surface area contributed by atoms with Gasteiger partial charge in [-0.1, -0.05) is 19.9 Å². The van der Waals surface area contributed by atoms with Crippen LogP contribution >= 0.6 is 0 Å². The number of nitrogens with two attached hydrogens (primary N) is 2. The first kappa shape index (κ1) is 28.5. The maximum atomic E-state index is 13.2. The van der Waals surface area contributed by atoms with Gasteiger partial charge in [-0.3, -0.25) is 14.7 Å². The van der Waals surface area contributed by atoms with Gasteiger partial charge in [0.25, 0.3) is 5.91 Å². The summed E-state index contributed by atoms with van der Waals surface area (Å²) in [5.41, 5.74) is 16.3. The molecule has 1 fully saturated rings. The Morgan fingerprint density at radius 1 is 1.18 bits per heavy atom. The Labute approximate surface area is 230 Å². The number of nitrogens with zero attached hydrogens (tertiary/aromatic N) is 4. The fourth-order valence-corrected chi connectivity index (χ4v) is 4.71. The molecule has 4 rings (SSSR count). The van der Waals surface area contributed by atoms with E-state index in [-0.39, 0.29) is 12.5 Å². The van der Waals surface area contributed by atoms with Gasteiger partial charge in [0.2, 0.25) is 0 Å². The van der Waals surface area contributed by atoms with Gasteiger partial charge in [0, 0.05) is 56.1 Å². The third-order valence-corrected chi connectivity index (χ3v) is 7.06. The smallest absolute Gasteiger partial charge is 0.252 e. The number of likely N-dealkylation sites (tertiary alicyclic amines) is 1. The number of carbonyl (C=O) groups excluding carboxylic acids is 1. The van der Waals surface area contributed by atoms with Crippen molar-refractivity contribution in [3.8, 4) is 5.75 Å². The zero-order valence-electron chi connectivity index (χ0n) is 23.3. The molecule has 0 aliphatic carbocycles. The van der Waals surface area contributed by atoms with E-state index in [9.17, 15) is 4.79 Å². The van der Waals surface area contributed by atoms with Gasteiger partial charge < -0.3 is 30.7 Å². The lowest BCUT2D eigenvalue weighted by molar-refractivity contribution is 0.0948. The fourth-order valence-electron chi connectivity index (χ4n) is 4.71. The molecule has 3 aromatic rings. The van der Waals surface area contributed by atoms with E-state index in [1.54, 1.807) is 25.4 Å². The number of fused-ring (bicyclic) bond motifs is 1. The van der Waals surface area contributed by atoms with Crippen molar-refractivity contribution in [3.05, 3.63) is 59.0 Å². The van der Waals surface area contributed by atoms with E-state index in [1.165, 1.54) is 18.4 Å². The summed E-state index contributed by atoms with van der Waals surface area (Å²) in [6, 6.07) is 7.52. The standard InChI is InChI=1S/C29H41N7O3/c1-29(2)6-9-35(10-7-29)18-21-4-5-27-34-22(20-36(27)19-21)16-33-28(37)24-14-23(39-13-12-38-11-8-30)15-26(31)25(24)17-32-3/h4-5,14-15,17,19-20H,6-13,16,18,30-31H2,1-3H3,(H,33,37)/b32-17-. The zero-order valence-corrected chi connectivity index (χ0v) is 23.3. The van der Waals surface area contributed by atoms with Crippen LogP contribution in [0.25, 0.3) is 5.65 Å². The number of ether oxygens (including phenoxy) is 2. The van der Waals surface area contributed by atoms with Crippen molar-refractivity contribution in [2.75, 3.05) is 52.2 Å². The number of anilines is 1. The quantitative estimate of drug-likeness (QED) is 0.185. The third kappa shape index (κ3) is 7.78. The summed E-state index contributed by atoms with van der Waals surface area (Å²) < 4.78 is 13.1. The van der Waals surface area contributed by atoms with E-state index in [0.29, 0.717) is 54.3 Å². The minimum absolute atomic E-state index is 0.275. The maximum Gasteiger partial charge on any atom is 0.252 e. The van der Waals surface area contributed by atoms with Gasteiger partial charge in [0.15, 0.2) is 0 Å². The Bertz CT molecular complexity index is 1290. The summed E-state index contributed by atoms with van der Waals surface area (Å²) >= 11 is 0. The lowest BCUT2D eigenvalue weighted by Gasteiger charge is -2.36. The van der Waals surface area contributed by atoms with Gasteiger partial charge in [0.1, 0.15) is 18.0 Å². The third-order valence-electron chi connectivity index (χ3n) is 7.06. The molecule has 3 heterocycles. The fraction of sp³-hybridized carbons (Fsp3) is 0.483. The van der Waals surface area contributed by atoms with Crippen LogP contribution in [0.5, 0.6) is 5.75 Å². The molecule has 1 aliphatic rings. The van der Waals surface area contributed by atoms with Crippen molar-refractivity contribution in [2.45, 2.75) is 39.8 Å². The van der Waals surface area contributed by atoms with Crippen molar-refractivity contribution in [3.63, 3.8) is 0 Å². The number of nitrogens with one attached hydrogen (secondary N) is 1. The molecule has 0 radical (unpaired) electrons. The highest BCUT2D eigenvalue weighted by Gasteiger charge is 2.25. The predicted molar refractivity (Wildman–Crippen MR) is 154 cm³/mol. The molecule has 1 aromatic carbocycles. The van der Waals surface area contributed by atoms with Crippen LogP contribution in [0.1, 0.15) is 53.9 Å². The topological polar surface area (TPSA) is 132 Å². The first-order valence-corrected chi connectivity index (χ1v) is 13.5. The average molecular weight is 536 g/mol. The second-order valence-corrected chi connectivity index (χ2v) is 10.8. The number of hydrogen-bond acceptors (Lipinski definition) is 8. The van der Waals surface area contributed by atoms with E-state index >= 15 is 0 Å². The molecule has 5 N–H and O–H groups in total. The summed E-state index contributed by atoms with van der Waals surface area (Å²) in [7, 11) is 1.64. The normalized spacial score (nSPS) is 15.7. The van der Waals surface area contributed by atoms with Gasteiger partial charge in [-0.25, -0.2) is 4.98 Å². The highest BCUT2D eigenvalue weighted by molar-refractivity contribution is 6.05. The van der Waals surface area contributed by atoms with Gasteiger partial charge in [-0.15, -0.1) is 0 Å². The molecule has 1 aliphatic heterocycles. The Morgan fingerprint density at radius 3 is 2.72 bits per heavy atom. The SMILES string of the molecule is C/N=C\c1c(N)cc(OCCOCCN)cc1C(=O)NCc1cn2cc(CN3CCC(C)(C)CC3)ccc2n1. The largest absolute Gasteiger partial charge is 0.491 e. The molecule has 0 unspecified atom stereocenters. The summed E-state index contributed by atoms with van der Waals surface area (Å²) in [6.07, 6.45) is 8.11. The van der Waals surface area contributed by atoms with E-state index in [1.807, 2.05) is 16.7 Å². The Morgan fingerprint density at radius 2 is 1.97 bits per heavy atom. The highest BCUT2D eigenvalue weighted by atomic mass is 16.5. The molecule has 0 atom stereocenters. The molecule has 2 aromatic heterocycles. The van der Waals surface area contributed by atoms with Crippen LogP contribution in [0, 0.1) is 5.41 Å². The molecule has 39 heavy (non-hydrogen) atoms. The highest BCUT2D eigenvalue weighted by Crippen LogP contribution is 2.30. The molecule has 0 saturated carbocycles. The van der Waals surface area contributed by atoms with E-state index in [2.05, 4.69) is 46.3 Å². The number of benzene rings is 1. The van der Waals surface area contributed by atoms with Crippen molar-refractivity contribution >= 4 is 23.5 Å². The number of aromatic nitrogens is 2. The van der Waals surface area contributed by atoms with E-state index in [0.717, 1.165) is 31.0 Å². The molecular weight excluding hydrogens is 494 g/mol. The maximum absolute atomic E-state index is 13.2. The summed E-state index contributed by atoms with van der Waals surface area (Å²) in [5, 5.41) is 2.97. The summed E-state index contributed by atoms with van der Waals surface area (Å²) in [6.45, 7) is 9.77. The lowest BCUT2D eigenvalue weighted by Crippen LogP contribution is -2.36. The number of carbonyl (C=O) groups is 1. The lowest BCUT2D eigenvalue weighted by atomic mass is 9.82. The number of imidazole rings is 1. The zero-order chi connectivity index (χ0) is 27.8. The second-order valence-electron chi connectivity index (χ2n) is 10.8. The number of pyridine rings is 1. The molecule has 210 valence electrons. The molecule has 0 spiro atoms. The molecule has 10 heteroatoms. The minimum Gasteiger partial charge on any atom is -0.491 e. The molecule has 0 bridgehead atoms. The first-order chi connectivity index (χ1) is 18.8. The van der Waals surface area contributed by atoms with Crippen LogP contribution in [-0.4, -0.2) is 72.9 Å². The molecule has 1 saturated heterocycles. The van der Waals surface area contributed by atoms with E-state index < -0.39 is 0 Å². The summed E-state index contributed by atoms with van der Waals surface area (Å²) in [4.78, 5) is 24.5. The monoisotopic (exact) mass is 535 g/mol. The second kappa shape index (κ2) is 13.1. The first-order valence-electron chi connectivity index (χ1n) is 13.5. The minimum atomic E-state index is -0.285. The average Bonchev–Trinajstić information content (AvgIpc) is 3.32. The van der Waals surface area contributed by atoms with Crippen LogP contribution in [0.2, 0.25) is 0 Å². The van der Waals surface area contributed by atoms with Crippen molar-refractivity contribution in [2.24, 2.45) is 16.1 Å². The van der Waals surface area contributed by atoms with Crippen LogP contribution in [-0.2, 0) is 17.8 Å².